The number of carbonyl (C=O) groups is 2. The van der Waals surface area contributed by atoms with Gasteiger partial charge in [-0.3, -0.25) is 9.59 Å². The zero-order chi connectivity index (χ0) is 25.8. The molecule has 0 radical (unpaired) electrons. The highest BCUT2D eigenvalue weighted by molar-refractivity contribution is 9.10. The van der Waals surface area contributed by atoms with Crippen LogP contribution in [0.3, 0.4) is 0 Å². The molecule has 0 aliphatic carbocycles. The van der Waals surface area contributed by atoms with Crippen LogP contribution in [0, 0.1) is 25.2 Å². The maximum atomic E-state index is 12.7. The number of nitrogens with one attached hydrogen (secondary N) is 2. The van der Waals surface area contributed by atoms with Crippen molar-refractivity contribution in [3.63, 3.8) is 0 Å². The first-order valence-corrected chi connectivity index (χ1v) is 11.8. The van der Waals surface area contributed by atoms with Crippen molar-refractivity contribution in [1.29, 1.82) is 0 Å². The minimum atomic E-state index is -0.763. The van der Waals surface area contributed by atoms with Crippen LogP contribution in [0.25, 0.3) is 0 Å². The van der Waals surface area contributed by atoms with Crippen LogP contribution in [-0.4, -0.2) is 44.4 Å². The fourth-order valence-electron chi connectivity index (χ4n) is 3.12. The molecule has 0 aliphatic rings. The molecule has 186 valence electrons. The Morgan fingerprint density at radius 2 is 1.94 bits per heavy atom. The molecule has 0 aliphatic heterocycles. The smallest absolute Gasteiger partial charge is 0.262 e. The van der Waals surface area contributed by atoms with Gasteiger partial charge in [0.1, 0.15) is 18.4 Å². The van der Waals surface area contributed by atoms with E-state index in [-0.39, 0.29) is 19.1 Å². The van der Waals surface area contributed by atoms with Crippen molar-refractivity contribution in [3.8, 4) is 29.6 Å². The second-order valence-electron chi connectivity index (χ2n) is 8.06. The van der Waals surface area contributed by atoms with Crippen LogP contribution in [0.1, 0.15) is 31.4 Å². The summed E-state index contributed by atoms with van der Waals surface area (Å²) in [5, 5.41) is 6.76. The number of hydrogen-bond acceptors (Lipinski definition) is 6. The summed E-state index contributed by atoms with van der Waals surface area (Å²) in [6.45, 7) is 5.72. The normalized spacial score (nSPS) is 11.6. The third-order valence-electron chi connectivity index (χ3n) is 4.75. The van der Waals surface area contributed by atoms with Gasteiger partial charge in [0.25, 0.3) is 11.8 Å². The molecular formula is C26H30BrN3O5. The van der Waals surface area contributed by atoms with E-state index < -0.39 is 17.9 Å². The quantitative estimate of drug-likeness (QED) is 0.241. The Balaban J connectivity index is 2.01. The zero-order valence-corrected chi connectivity index (χ0v) is 21.8. The molecule has 2 aromatic carbocycles. The van der Waals surface area contributed by atoms with E-state index in [1.165, 1.54) is 13.3 Å². The van der Waals surface area contributed by atoms with Gasteiger partial charge in [0.2, 0.25) is 0 Å². The molecule has 8 nitrogen and oxygen atoms in total. The van der Waals surface area contributed by atoms with Gasteiger partial charge in [-0.25, -0.2) is 5.43 Å². The number of halogens is 1. The Morgan fingerprint density at radius 1 is 1.20 bits per heavy atom. The number of hydrazone groups is 1. The number of nitrogens with zero attached hydrogens (tertiary/aromatic N) is 1. The molecule has 2 aromatic rings. The summed E-state index contributed by atoms with van der Waals surface area (Å²) in [7, 11) is 1.51. The van der Waals surface area contributed by atoms with Gasteiger partial charge in [0.15, 0.2) is 18.1 Å². The summed E-state index contributed by atoms with van der Waals surface area (Å²) in [6, 6.07) is 10.1. The molecular weight excluding hydrogens is 514 g/mol. The molecule has 0 unspecified atom stereocenters. The summed E-state index contributed by atoms with van der Waals surface area (Å²) >= 11 is 3.42. The second kappa shape index (κ2) is 14.0. The standard InChI is InChI=1S/C26H30BrN3O5/c1-6-11-34-25-20(27)13-19(14-23(25)33-5)15-28-30-26(32)21(12-17(2)3)29-24(31)16-35-22-10-8-7-9-18(22)4/h1,7-10,13-15,17,21H,11-12,16H2,2-5H3,(H,29,31)(H,30,32)/b28-15-/t21-/m0/s1. The van der Waals surface area contributed by atoms with Crippen LogP contribution in [0.5, 0.6) is 17.2 Å². The third kappa shape index (κ3) is 8.98. The van der Waals surface area contributed by atoms with Crippen LogP contribution in [0.4, 0.5) is 0 Å². The van der Waals surface area contributed by atoms with Crippen molar-refractivity contribution < 1.29 is 23.8 Å². The van der Waals surface area contributed by atoms with Crippen molar-refractivity contribution in [2.45, 2.75) is 33.2 Å². The van der Waals surface area contributed by atoms with Crippen molar-refractivity contribution in [1.82, 2.24) is 10.7 Å². The van der Waals surface area contributed by atoms with Crippen molar-refractivity contribution in [3.05, 3.63) is 52.0 Å². The summed E-state index contributed by atoms with van der Waals surface area (Å²) in [6.07, 6.45) is 7.16. The zero-order valence-electron chi connectivity index (χ0n) is 20.3. The minimum absolute atomic E-state index is 0.0947. The number of amides is 2. The summed E-state index contributed by atoms with van der Waals surface area (Å²) in [5.74, 6) is 3.30. The SMILES string of the molecule is C#CCOc1c(Br)cc(/C=N\NC(=O)[C@H](CC(C)C)NC(=O)COc2ccccc2C)cc1OC. The number of ether oxygens (including phenoxy) is 3. The Bertz CT molecular complexity index is 1090. The predicted octanol–water partition coefficient (Wildman–Crippen LogP) is 3.84. The van der Waals surface area contributed by atoms with E-state index in [0.29, 0.717) is 33.7 Å². The third-order valence-corrected chi connectivity index (χ3v) is 5.34. The van der Waals surface area contributed by atoms with E-state index in [1.807, 2.05) is 39.0 Å². The summed E-state index contributed by atoms with van der Waals surface area (Å²) in [4.78, 5) is 25.2. The molecule has 35 heavy (non-hydrogen) atoms. The molecule has 0 heterocycles. The molecule has 1 atom stereocenters. The van der Waals surface area contributed by atoms with Crippen molar-refractivity contribution in [2.24, 2.45) is 11.0 Å². The van der Waals surface area contributed by atoms with Crippen LogP contribution in [-0.2, 0) is 9.59 Å². The first-order valence-electron chi connectivity index (χ1n) is 11.0. The lowest BCUT2D eigenvalue weighted by atomic mass is 10.0. The number of terminal acetylenes is 1. The van der Waals surface area contributed by atoms with Crippen LogP contribution in [0.15, 0.2) is 46.0 Å². The topological polar surface area (TPSA) is 98.2 Å². The van der Waals surface area contributed by atoms with Crippen LogP contribution in [0.2, 0.25) is 0 Å². The first kappa shape index (κ1) is 27.7. The van der Waals surface area contributed by atoms with Gasteiger partial charge in [-0.15, -0.1) is 6.42 Å². The van der Waals surface area contributed by atoms with Gasteiger partial charge >= 0.3 is 0 Å². The van der Waals surface area contributed by atoms with E-state index in [2.05, 4.69) is 37.7 Å². The van der Waals surface area contributed by atoms with Crippen molar-refractivity contribution >= 4 is 34.0 Å². The lowest BCUT2D eigenvalue weighted by Crippen LogP contribution is -2.47. The fraction of sp³-hybridized carbons (Fsp3) is 0.346. The van der Waals surface area contributed by atoms with Crippen molar-refractivity contribution in [2.75, 3.05) is 20.3 Å². The van der Waals surface area contributed by atoms with Gasteiger partial charge in [0, 0.05) is 0 Å². The molecule has 9 heteroatoms. The van der Waals surface area contributed by atoms with E-state index in [4.69, 9.17) is 20.6 Å². The van der Waals surface area contributed by atoms with E-state index in [9.17, 15) is 9.59 Å². The number of methoxy groups -OCH3 is 1. The molecule has 2 amide bonds. The van der Waals surface area contributed by atoms with Crippen LogP contribution < -0.4 is 25.0 Å². The summed E-state index contributed by atoms with van der Waals surface area (Å²) < 4.78 is 17.0. The van der Waals surface area contributed by atoms with E-state index in [0.717, 1.165) is 5.56 Å². The lowest BCUT2D eigenvalue weighted by Gasteiger charge is -2.19. The van der Waals surface area contributed by atoms with Crippen LogP contribution >= 0.6 is 15.9 Å². The highest BCUT2D eigenvalue weighted by Gasteiger charge is 2.22. The molecule has 0 saturated carbocycles. The molecule has 0 aromatic heterocycles. The van der Waals surface area contributed by atoms with Gasteiger partial charge in [0.05, 0.1) is 17.8 Å². The second-order valence-corrected chi connectivity index (χ2v) is 8.92. The minimum Gasteiger partial charge on any atom is -0.493 e. The first-order chi connectivity index (χ1) is 16.7. The molecule has 0 bridgehead atoms. The Morgan fingerprint density at radius 3 is 2.60 bits per heavy atom. The predicted molar refractivity (Wildman–Crippen MR) is 139 cm³/mol. The highest BCUT2D eigenvalue weighted by atomic mass is 79.9. The molecule has 0 fully saturated rings. The average molecular weight is 544 g/mol. The highest BCUT2D eigenvalue weighted by Crippen LogP contribution is 2.36. The monoisotopic (exact) mass is 543 g/mol. The fourth-order valence-corrected chi connectivity index (χ4v) is 3.69. The molecule has 2 N–H and O–H groups in total. The van der Waals surface area contributed by atoms with Gasteiger partial charge < -0.3 is 19.5 Å². The van der Waals surface area contributed by atoms with E-state index in [1.54, 1.807) is 18.2 Å². The number of carbonyl (C=O) groups excluding carboxylic acids is 2. The molecule has 2 rings (SSSR count). The Hall–Kier alpha value is -3.51. The number of rotatable bonds is 12. The number of aryl methyl sites for hydroxylation is 1. The Labute approximate surface area is 214 Å². The number of benzene rings is 2. The van der Waals surface area contributed by atoms with E-state index >= 15 is 0 Å². The maximum absolute atomic E-state index is 12.7. The summed E-state index contributed by atoms with van der Waals surface area (Å²) in [5.41, 5.74) is 4.06. The lowest BCUT2D eigenvalue weighted by molar-refractivity contribution is -0.130. The van der Waals surface area contributed by atoms with Gasteiger partial charge in [-0.2, -0.15) is 5.10 Å². The number of para-hydroxylation sites is 1. The average Bonchev–Trinajstić information content (AvgIpc) is 2.81. The molecule has 0 saturated heterocycles. The largest absolute Gasteiger partial charge is 0.493 e. The Kier molecular flexibility index (Phi) is 11.1. The molecule has 0 spiro atoms. The maximum Gasteiger partial charge on any atom is 0.262 e. The van der Waals surface area contributed by atoms with Gasteiger partial charge in [-0.1, -0.05) is 38.0 Å². The number of hydrogen-bond donors (Lipinski definition) is 2. The van der Waals surface area contributed by atoms with Gasteiger partial charge in [-0.05, 0) is 64.5 Å².